The second kappa shape index (κ2) is 5.69. The van der Waals surface area contributed by atoms with E-state index in [4.69, 9.17) is 5.73 Å². The van der Waals surface area contributed by atoms with Crippen LogP contribution in [0.5, 0.6) is 0 Å². The van der Waals surface area contributed by atoms with E-state index in [9.17, 15) is 14.7 Å². The average Bonchev–Trinajstić information content (AvgIpc) is 2.64. The van der Waals surface area contributed by atoms with Crippen LogP contribution in [-0.2, 0) is 9.59 Å². The van der Waals surface area contributed by atoms with E-state index in [-0.39, 0.29) is 12.3 Å². The monoisotopic (exact) mass is 256 g/mol. The van der Waals surface area contributed by atoms with Crippen molar-refractivity contribution in [2.24, 2.45) is 5.73 Å². The van der Waals surface area contributed by atoms with Crippen LogP contribution in [0, 0.1) is 0 Å². The number of nitrogens with two attached hydrogens (primary N) is 1. The fourth-order valence-electron chi connectivity index (χ4n) is 2.65. The molecule has 1 unspecified atom stereocenters. The molecule has 0 heterocycles. The van der Waals surface area contributed by atoms with Gasteiger partial charge in [0.2, 0.25) is 5.91 Å². The molecule has 0 bridgehead atoms. The van der Waals surface area contributed by atoms with E-state index in [1.807, 2.05) is 6.92 Å². The van der Waals surface area contributed by atoms with E-state index in [1.165, 1.54) is 0 Å². The third kappa shape index (κ3) is 3.70. The first-order valence-electron chi connectivity index (χ1n) is 6.65. The van der Waals surface area contributed by atoms with Crippen molar-refractivity contribution in [2.45, 2.75) is 69.9 Å². The Morgan fingerprint density at radius 2 is 1.94 bits per heavy atom. The molecule has 0 aromatic rings. The van der Waals surface area contributed by atoms with Gasteiger partial charge in [0, 0.05) is 12.0 Å². The number of hydrogen-bond donors (Lipinski definition) is 3. The molecule has 0 aromatic carbocycles. The fraction of sp³-hybridized carbons (Fsp3) is 0.846. The van der Waals surface area contributed by atoms with E-state index in [2.05, 4.69) is 5.32 Å². The first-order valence-corrected chi connectivity index (χ1v) is 6.65. The van der Waals surface area contributed by atoms with Crippen LogP contribution in [0.4, 0.5) is 0 Å². The molecule has 0 spiro atoms. The number of aliphatic carboxylic acids is 1. The maximum atomic E-state index is 11.9. The molecule has 1 aliphatic carbocycles. The second-order valence-corrected chi connectivity index (χ2v) is 5.68. The Hall–Kier alpha value is -1.10. The van der Waals surface area contributed by atoms with Gasteiger partial charge in [-0.1, -0.05) is 26.2 Å². The minimum Gasteiger partial charge on any atom is -0.480 e. The standard InChI is InChI=1S/C13H24N2O3/c1-3-6-12(2,11(17)18)15-10(16)9-13(14)7-4-5-8-13/h3-9,14H2,1-2H3,(H,15,16)(H,17,18). The minimum absolute atomic E-state index is 0.222. The highest BCUT2D eigenvalue weighted by molar-refractivity contribution is 5.87. The summed E-state index contributed by atoms with van der Waals surface area (Å²) in [6, 6.07) is 0. The van der Waals surface area contributed by atoms with Gasteiger partial charge in [-0.25, -0.2) is 4.79 Å². The second-order valence-electron chi connectivity index (χ2n) is 5.68. The number of carboxylic acid groups (broad SMARTS) is 1. The van der Waals surface area contributed by atoms with Crippen LogP contribution < -0.4 is 11.1 Å². The molecule has 1 fully saturated rings. The van der Waals surface area contributed by atoms with Crippen molar-refractivity contribution >= 4 is 11.9 Å². The fourth-order valence-corrected chi connectivity index (χ4v) is 2.65. The van der Waals surface area contributed by atoms with Crippen molar-refractivity contribution in [3.63, 3.8) is 0 Å². The Morgan fingerprint density at radius 1 is 1.39 bits per heavy atom. The summed E-state index contributed by atoms with van der Waals surface area (Å²) in [7, 11) is 0. The van der Waals surface area contributed by atoms with Gasteiger partial charge in [-0.3, -0.25) is 4.79 Å². The largest absolute Gasteiger partial charge is 0.480 e. The molecule has 1 aliphatic rings. The maximum Gasteiger partial charge on any atom is 0.329 e. The normalized spacial score (nSPS) is 21.3. The van der Waals surface area contributed by atoms with Gasteiger partial charge in [0.15, 0.2) is 0 Å². The lowest BCUT2D eigenvalue weighted by molar-refractivity contribution is -0.147. The summed E-state index contributed by atoms with van der Waals surface area (Å²) in [5.74, 6) is -1.24. The van der Waals surface area contributed by atoms with Gasteiger partial charge in [0.1, 0.15) is 5.54 Å². The lowest BCUT2D eigenvalue weighted by Crippen LogP contribution is -2.54. The van der Waals surface area contributed by atoms with Gasteiger partial charge in [0.05, 0.1) is 0 Å². The van der Waals surface area contributed by atoms with Crippen LogP contribution in [0.25, 0.3) is 0 Å². The molecule has 4 N–H and O–H groups in total. The lowest BCUT2D eigenvalue weighted by atomic mass is 9.92. The predicted octanol–water partition coefficient (Wildman–Crippen LogP) is 1.41. The number of rotatable bonds is 6. The van der Waals surface area contributed by atoms with Crippen LogP contribution in [0.3, 0.4) is 0 Å². The molecule has 1 saturated carbocycles. The first kappa shape index (κ1) is 15.0. The van der Waals surface area contributed by atoms with Crippen molar-refractivity contribution in [2.75, 3.05) is 0 Å². The molecule has 1 amide bonds. The molecule has 18 heavy (non-hydrogen) atoms. The van der Waals surface area contributed by atoms with Crippen LogP contribution in [0.1, 0.15) is 58.8 Å². The number of carboxylic acids is 1. The molecule has 0 aliphatic heterocycles. The third-order valence-corrected chi connectivity index (χ3v) is 3.75. The molecule has 5 nitrogen and oxygen atoms in total. The van der Waals surface area contributed by atoms with E-state index in [0.29, 0.717) is 12.8 Å². The smallest absolute Gasteiger partial charge is 0.329 e. The number of amides is 1. The molecule has 104 valence electrons. The van der Waals surface area contributed by atoms with Gasteiger partial charge in [-0.15, -0.1) is 0 Å². The van der Waals surface area contributed by atoms with Crippen molar-refractivity contribution in [1.29, 1.82) is 0 Å². The first-order chi connectivity index (χ1) is 8.31. The Kier molecular flexibility index (Phi) is 4.73. The molecule has 0 saturated heterocycles. The van der Waals surface area contributed by atoms with E-state index in [0.717, 1.165) is 25.7 Å². The molecule has 1 rings (SSSR count). The summed E-state index contributed by atoms with van der Waals surface area (Å²) in [4.78, 5) is 23.2. The summed E-state index contributed by atoms with van der Waals surface area (Å²) >= 11 is 0. The summed E-state index contributed by atoms with van der Waals surface area (Å²) in [6.07, 6.45) is 5.14. The van der Waals surface area contributed by atoms with Crippen molar-refractivity contribution in [1.82, 2.24) is 5.32 Å². The van der Waals surface area contributed by atoms with Crippen molar-refractivity contribution in [3.05, 3.63) is 0 Å². The molecule has 0 aromatic heterocycles. The summed E-state index contributed by atoms with van der Waals surface area (Å²) in [5, 5.41) is 11.8. The Balaban J connectivity index is 2.59. The Bertz CT molecular complexity index is 324. The zero-order chi connectivity index (χ0) is 13.8. The number of carbonyl (C=O) groups is 2. The van der Waals surface area contributed by atoms with Crippen LogP contribution in [-0.4, -0.2) is 28.1 Å². The number of carbonyl (C=O) groups excluding carboxylic acids is 1. The minimum atomic E-state index is -1.18. The highest BCUT2D eigenvalue weighted by Crippen LogP contribution is 2.30. The Morgan fingerprint density at radius 3 is 2.39 bits per heavy atom. The SMILES string of the molecule is CCCC(C)(NC(=O)CC1(N)CCCC1)C(=O)O. The van der Waals surface area contributed by atoms with E-state index >= 15 is 0 Å². The van der Waals surface area contributed by atoms with Crippen LogP contribution >= 0.6 is 0 Å². The van der Waals surface area contributed by atoms with Gasteiger partial charge in [0.25, 0.3) is 0 Å². The topological polar surface area (TPSA) is 92.4 Å². The molecule has 5 heteroatoms. The van der Waals surface area contributed by atoms with Crippen LogP contribution in [0.2, 0.25) is 0 Å². The molecule has 1 atom stereocenters. The summed E-state index contributed by atoms with van der Waals surface area (Å²) in [6.45, 7) is 3.45. The van der Waals surface area contributed by atoms with Crippen molar-refractivity contribution in [3.8, 4) is 0 Å². The van der Waals surface area contributed by atoms with Gasteiger partial charge < -0.3 is 16.2 Å². The highest BCUT2D eigenvalue weighted by Gasteiger charge is 2.37. The highest BCUT2D eigenvalue weighted by atomic mass is 16.4. The summed E-state index contributed by atoms with van der Waals surface area (Å²) < 4.78 is 0. The lowest BCUT2D eigenvalue weighted by Gasteiger charge is -2.29. The predicted molar refractivity (Wildman–Crippen MR) is 69.1 cm³/mol. The molecular formula is C13H24N2O3. The van der Waals surface area contributed by atoms with E-state index < -0.39 is 17.0 Å². The van der Waals surface area contributed by atoms with Crippen molar-refractivity contribution < 1.29 is 14.7 Å². The van der Waals surface area contributed by atoms with Gasteiger partial charge in [-0.05, 0) is 26.2 Å². The third-order valence-electron chi connectivity index (χ3n) is 3.75. The average molecular weight is 256 g/mol. The maximum absolute atomic E-state index is 11.9. The number of hydrogen-bond acceptors (Lipinski definition) is 3. The van der Waals surface area contributed by atoms with Crippen LogP contribution in [0.15, 0.2) is 0 Å². The van der Waals surface area contributed by atoms with Gasteiger partial charge >= 0.3 is 5.97 Å². The zero-order valence-corrected chi connectivity index (χ0v) is 11.3. The molecular weight excluding hydrogens is 232 g/mol. The Labute approximate surface area is 108 Å². The summed E-state index contributed by atoms with van der Waals surface area (Å²) in [5.41, 5.74) is 4.51. The zero-order valence-electron chi connectivity index (χ0n) is 11.3. The van der Waals surface area contributed by atoms with E-state index in [1.54, 1.807) is 6.92 Å². The molecule has 0 radical (unpaired) electrons. The number of nitrogens with one attached hydrogen (secondary N) is 1. The van der Waals surface area contributed by atoms with Gasteiger partial charge in [-0.2, -0.15) is 0 Å². The quantitative estimate of drug-likeness (QED) is 0.670.